The molecule has 9 aromatic heterocycles. The van der Waals surface area contributed by atoms with E-state index in [0.29, 0.717) is 107 Å². The second-order valence-corrected chi connectivity index (χ2v) is 23.3. The van der Waals surface area contributed by atoms with E-state index < -0.39 is 0 Å². The summed E-state index contributed by atoms with van der Waals surface area (Å²) in [6.07, 6.45) is 25.8. The largest absolute Gasteiger partial charge is 0.493 e. The number of nitrogens with one attached hydrogen (secondary N) is 3. The van der Waals surface area contributed by atoms with Gasteiger partial charge in [0.2, 0.25) is 17.8 Å². The van der Waals surface area contributed by atoms with Gasteiger partial charge in [-0.05, 0) is 70.5 Å². The topological polar surface area (TPSA) is 226 Å². The molecule has 14 heterocycles. The number of rotatable bonds is 15. The van der Waals surface area contributed by atoms with E-state index in [0.717, 1.165) is 127 Å². The smallest absolute Gasteiger partial charge is 0.208 e. The second-order valence-electron chi connectivity index (χ2n) is 23.3. The molecule has 0 amide bonds. The van der Waals surface area contributed by atoms with E-state index in [1.54, 1.807) is 36.8 Å². The lowest BCUT2D eigenvalue weighted by molar-refractivity contribution is -0.0286. The molecule has 470 valence electrons. The number of imidazole rings is 3. The van der Waals surface area contributed by atoms with Crippen LogP contribution in [0, 0.1) is 38.2 Å². The molecule has 2 saturated heterocycles. The molecule has 1 atom stereocenters. The van der Waals surface area contributed by atoms with Crippen molar-refractivity contribution in [2.24, 2.45) is 0 Å². The molecule has 26 heteroatoms. The first-order valence-electron chi connectivity index (χ1n) is 30.8. The average molecular weight is 1250 g/mol. The standard InChI is InChI=1S/C23H23FN6O2.C22H21FN6O2.C21H21FN6O/c1-14-11-29-22(28-14)18(15-8-27-30(12-15)16-4-6-31-13-16)9-25-23(29)26-10-19-17-5-7-32-21(17)3-2-20(19)24;1-13-9-28-21(27-13)17(14-6-26-29(10-14)15-11-30-12-15)7-24-22(28)25-8-18-16-4-5-31-20(16)3-2-19(18)23;1-3-27-12-14(8-25-27)16-9-23-21(28-11-13(2)26-20(16)28)24-10-17-15-6-7-29-19(15)5-4-18(17)22/h2-3,8-9,11-12,16H,4-7,10,13H2,1H3,(H,25,26);2-3,6-7,9-10,15H,4-5,8,11-12H2,1H3,(H,24,25);4-5,8-9,11-12H,3,6-7,10H2,1-2H3,(H,23,24). The Labute approximate surface area is 525 Å². The van der Waals surface area contributed by atoms with Crippen molar-refractivity contribution in [2.45, 2.75) is 91.6 Å². The average Bonchev–Trinajstić information content (AvgIpc) is 1.71. The van der Waals surface area contributed by atoms with Gasteiger partial charge in [-0.2, -0.15) is 15.3 Å². The number of aromatic nitrogens is 15. The van der Waals surface area contributed by atoms with Gasteiger partial charge in [0.15, 0.2) is 0 Å². The van der Waals surface area contributed by atoms with Gasteiger partial charge in [-0.15, -0.1) is 0 Å². The van der Waals surface area contributed by atoms with Gasteiger partial charge >= 0.3 is 0 Å². The van der Waals surface area contributed by atoms with Crippen LogP contribution >= 0.6 is 0 Å². The van der Waals surface area contributed by atoms with Crippen LogP contribution in [-0.2, 0) is 54.9 Å². The first-order valence-corrected chi connectivity index (χ1v) is 30.8. The predicted molar refractivity (Wildman–Crippen MR) is 336 cm³/mol. The number of hydrogen-bond donors (Lipinski definition) is 3. The number of ether oxygens (including phenoxy) is 5. The van der Waals surface area contributed by atoms with Gasteiger partial charge in [0.05, 0.1) is 87.4 Å². The number of anilines is 3. The Morgan fingerprint density at radius 2 is 0.848 bits per heavy atom. The van der Waals surface area contributed by atoms with Crippen LogP contribution in [0.2, 0.25) is 0 Å². The Bertz CT molecular complexity index is 4750. The van der Waals surface area contributed by atoms with Crippen LogP contribution in [0.5, 0.6) is 17.2 Å². The molecule has 0 bridgehead atoms. The molecule has 1 unspecified atom stereocenters. The van der Waals surface area contributed by atoms with Crippen molar-refractivity contribution in [2.75, 3.05) is 62.2 Å². The molecule has 5 aliphatic heterocycles. The first-order chi connectivity index (χ1) is 45.0. The molecule has 23 nitrogen and oxygen atoms in total. The number of aryl methyl sites for hydroxylation is 4. The van der Waals surface area contributed by atoms with Crippen LogP contribution in [-0.4, -0.2) is 119 Å². The van der Waals surface area contributed by atoms with Crippen molar-refractivity contribution < 1.29 is 36.9 Å². The highest BCUT2D eigenvalue weighted by molar-refractivity contribution is 5.79. The summed E-state index contributed by atoms with van der Waals surface area (Å²) in [5.74, 6) is 3.42. The highest BCUT2D eigenvalue weighted by atomic mass is 19.1. The zero-order chi connectivity index (χ0) is 62.6. The Morgan fingerprint density at radius 3 is 1.22 bits per heavy atom. The van der Waals surface area contributed by atoms with Gasteiger partial charge in [0.25, 0.3) is 0 Å². The number of hydrogen-bond acceptors (Lipinski definition) is 17. The van der Waals surface area contributed by atoms with E-state index in [-0.39, 0.29) is 29.5 Å². The fraction of sp³-hybridized carbons (Fsp3) is 0.318. The van der Waals surface area contributed by atoms with Gasteiger partial charge in [-0.3, -0.25) is 27.2 Å². The van der Waals surface area contributed by atoms with E-state index in [4.69, 9.17) is 33.7 Å². The van der Waals surface area contributed by atoms with Crippen molar-refractivity contribution in [3.05, 3.63) is 179 Å². The summed E-state index contributed by atoms with van der Waals surface area (Å²) in [6.45, 7) is 14.2. The molecule has 0 spiro atoms. The third-order valence-electron chi connectivity index (χ3n) is 17.3. The Hall–Kier alpha value is -10.3. The molecule has 2 fully saturated rings. The monoisotopic (exact) mass is 1250 g/mol. The molecule has 92 heavy (non-hydrogen) atoms. The van der Waals surface area contributed by atoms with Crippen LogP contribution in [0.25, 0.3) is 50.3 Å². The minimum atomic E-state index is -0.237. The zero-order valence-corrected chi connectivity index (χ0v) is 51.0. The third-order valence-corrected chi connectivity index (χ3v) is 17.3. The number of benzene rings is 3. The van der Waals surface area contributed by atoms with E-state index in [1.165, 1.54) is 18.2 Å². The normalized spacial score (nSPS) is 15.5. The van der Waals surface area contributed by atoms with Crippen molar-refractivity contribution in [3.63, 3.8) is 0 Å². The fourth-order valence-corrected chi connectivity index (χ4v) is 12.4. The molecule has 0 saturated carbocycles. The van der Waals surface area contributed by atoms with Crippen molar-refractivity contribution in [1.29, 1.82) is 0 Å². The maximum Gasteiger partial charge on any atom is 0.208 e. The Morgan fingerprint density at radius 1 is 0.457 bits per heavy atom. The minimum Gasteiger partial charge on any atom is -0.493 e. The maximum absolute atomic E-state index is 14.5. The highest BCUT2D eigenvalue weighted by Gasteiger charge is 2.27. The minimum absolute atomic E-state index is 0.233. The first kappa shape index (κ1) is 58.1. The van der Waals surface area contributed by atoms with Gasteiger partial charge < -0.3 is 39.6 Å². The fourth-order valence-electron chi connectivity index (χ4n) is 12.4. The van der Waals surface area contributed by atoms with E-state index in [1.807, 2.05) is 111 Å². The van der Waals surface area contributed by atoms with Gasteiger partial charge in [0, 0.05) is 175 Å². The lowest BCUT2D eigenvalue weighted by Gasteiger charge is -2.25. The van der Waals surface area contributed by atoms with E-state index >= 15 is 0 Å². The lowest BCUT2D eigenvalue weighted by Crippen LogP contribution is -2.30. The summed E-state index contributed by atoms with van der Waals surface area (Å²) in [7, 11) is 0. The molecule has 3 aromatic carbocycles. The summed E-state index contributed by atoms with van der Waals surface area (Å²) in [4.78, 5) is 27.9. The molecule has 12 aromatic rings. The summed E-state index contributed by atoms with van der Waals surface area (Å²) < 4.78 is 82.4. The summed E-state index contributed by atoms with van der Waals surface area (Å²) in [6, 6.07) is 10.0. The summed E-state index contributed by atoms with van der Waals surface area (Å²) in [5.41, 5.74) is 15.2. The van der Waals surface area contributed by atoms with Crippen LogP contribution in [0.15, 0.2) is 111 Å². The van der Waals surface area contributed by atoms with Crippen LogP contribution in [0.4, 0.5) is 31.0 Å². The van der Waals surface area contributed by atoms with Crippen LogP contribution in [0.1, 0.15) is 75.9 Å². The third kappa shape index (κ3) is 11.1. The molecule has 3 N–H and O–H groups in total. The number of halogens is 3. The number of fused-ring (bicyclic) bond motifs is 6. The molecule has 17 rings (SSSR count). The van der Waals surface area contributed by atoms with Crippen molar-refractivity contribution in [1.82, 2.24) is 72.4 Å². The Balaban J connectivity index is 0.000000115. The predicted octanol–water partition coefficient (Wildman–Crippen LogP) is 10.3. The molecular formula is C66H65F3N18O5. The quantitative estimate of drug-likeness (QED) is 0.0867. The molecule has 5 aliphatic rings. The molecule has 0 radical (unpaired) electrons. The maximum atomic E-state index is 14.5. The van der Waals surface area contributed by atoms with Gasteiger partial charge in [0.1, 0.15) is 51.6 Å². The lowest BCUT2D eigenvalue weighted by atomic mass is 10.0. The summed E-state index contributed by atoms with van der Waals surface area (Å²) in [5, 5.41) is 23.2. The van der Waals surface area contributed by atoms with Gasteiger partial charge in [-0.1, -0.05) is 0 Å². The van der Waals surface area contributed by atoms with Gasteiger partial charge in [-0.25, -0.2) is 43.1 Å². The van der Waals surface area contributed by atoms with Crippen molar-refractivity contribution >= 4 is 34.8 Å². The van der Waals surface area contributed by atoms with Crippen molar-refractivity contribution in [3.8, 4) is 50.6 Å². The van der Waals surface area contributed by atoms with E-state index in [9.17, 15) is 13.2 Å². The second kappa shape index (κ2) is 24.5. The molecular weight excluding hydrogens is 1180 g/mol. The van der Waals surface area contributed by atoms with E-state index in [2.05, 4.69) is 51.2 Å². The zero-order valence-electron chi connectivity index (χ0n) is 51.0. The van der Waals surface area contributed by atoms with Crippen LogP contribution in [0.3, 0.4) is 0 Å². The van der Waals surface area contributed by atoms with Crippen LogP contribution < -0.4 is 30.2 Å². The number of nitrogens with zero attached hydrogens (tertiary/aromatic N) is 15. The molecule has 0 aliphatic carbocycles. The Kier molecular flexibility index (Phi) is 15.4. The summed E-state index contributed by atoms with van der Waals surface area (Å²) >= 11 is 0. The highest BCUT2D eigenvalue weighted by Crippen LogP contribution is 2.36. The SMILES string of the molecule is CCn1cc(-c2cnc(NCc3c(F)ccc4c3CCO4)n3cc(C)nc23)cn1.Cc1cn2c(NCc3c(F)ccc4c3CCO4)ncc(-c3cnn(C4CCOC4)c3)c2n1.Cc1cn2c(NCc3c(F)ccc4c3CCO4)ncc(-c3cnn(C4COC4)c3)c2n1.